The first kappa shape index (κ1) is 16.2. The molecule has 0 radical (unpaired) electrons. The van der Waals surface area contributed by atoms with Crippen LogP contribution in [-0.4, -0.2) is 48.8 Å². The van der Waals surface area contributed by atoms with E-state index in [-0.39, 0.29) is 6.61 Å². The number of ether oxygens (including phenoxy) is 1. The number of methoxy groups -OCH3 is 1. The summed E-state index contributed by atoms with van der Waals surface area (Å²) in [5, 5.41) is 20.8. The number of aromatic amines is 1. The van der Waals surface area contributed by atoms with Crippen molar-refractivity contribution in [3.05, 3.63) is 59.4 Å². The summed E-state index contributed by atoms with van der Waals surface area (Å²) in [6.07, 6.45) is 12.3. The van der Waals surface area contributed by atoms with Crippen LogP contribution in [0.1, 0.15) is 16.8 Å². The first-order valence-electron chi connectivity index (χ1n) is 8.26. The van der Waals surface area contributed by atoms with Crippen molar-refractivity contribution in [3.8, 4) is 17.3 Å². The number of nitrogens with one attached hydrogen (secondary N) is 1. The number of hydrogen-bond donors (Lipinski definition) is 2. The standard InChI is InChI=1S/C18H18N6O2/c1-26-13-2-4-14-15(5-3-13)22-23-17(14)18-19-8-6-16(21-18)24-11-12(7-9-25)10-20-24/h2-3,5-6,8,10-11,25H,4,7,9H2,1H3,(H,22,23). The molecule has 0 aliphatic heterocycles. The van der Waals surface area contributed by atoms with Crippen LogP contribution in [0.15, 0.2) is 42.6 Å². The quantitative estimate of drug-likeness (QED) is 0.726. The molecule has 26 heavy (non-hydrogen) atoms. The number of fused-ring (bicyclic) bond motifs is 1. The van der Waals surface area contributed by atoms with Crippen LogP contribution in [0.2, 0.25) is 0 Å². The van der Waals surface area contributed by atoms with Crippen LogP contribution >= 0.6 is 0 Å². The number of H-pyrrole nitrogens is 1. The first-order chi connectivity index (χ1) is 12.8. The largest absolute Gasteiger partial charge is 0.497 e. The summed E-state index contributed by atoms with van der Waals surface area (Å²) < 4.78 is 6.97. The summed E-state index contributed by atoms with van der Waals surface area (Å²) in [6.45, 7) is 0.0879. The predicted molar refractivity (Wildman–Crippen MR) is 95.4 cm³/mol. The first-order valence-corrected chi connectivity index (χ1v) is 8.26. The normalized spacial score (nSPS) is 13.2. The lowest BCUT2D eigenvalue weighted by Gasteiger charge is -2.04. The third-order valence-corrected chi connectivity index (χ3v) is 4.18. The highest BCUT2D eigenvalue weighted by molar-refractivity contribution is 5.66. The lowest BCUT2D eigenvalue weighted by Crippen LogP contribution is -2.01. The second-order valence-corrected chi connectivity index (χ2v) is 5.82. The van der Waals surface area contributed by atoms with E-state index in [0.29, 0.717) is 30.2 Å². The Bertz CT molecular complexity index is 985. The number of aliphatic hydroxyl groups is 1. The molecule has 3 aromatic heterocycles. The number of hydrogen-bond acceptors (Lipinski definition) is 6. The maximum atomic E-state index is 9.05. The van der Waals surface area contributed by atoms with E-state index in [0.717, 1.165) is 22.6 Å². The summed E-state index contributed by atoms with van der Waals surface area (Å²) in [6, 6.07) is 1.79. The molecule has 0 saturated carbocycles. The van der Waals surface area contributed by atoms with Crippen LogP contribution in [0.3, 0.4) is 0 Å². The Labute approximate surface area is 149 Å². The maximum Gasteiger partial charge on any atom is 0.182 e. The number of aromatic nitrogens is 6. The van der Waals surface area contributed by atoms with Crippen molar-refractivity contribution in [1.82, 2.24) is 29.9 Å². The van der Waals surface area contributed by atoms with Crippen molar-refractivity contribution in [3.63, 3.8) is 0 Å². The molecule has 1 aliphatic carbocycles. The van der Waals surface area contributed by atoms with Crippen molar-refractivity contribution in [2.45, 2.75) is 12.8 Å². The lowest BCUT2D eigenvalue weighted by atomic mass is 10.1. The maximum absolute atomic E-state index is 9.05. The van der Waals surface area contributed by atoms with Gasteiger partial charge in [0, 0.05) is 30.6 Å². The van der Waals surface area contributed by atoms with E-state index in [4.69, 9.17) is 9.84 Å². The Morgan fingerprint density at radius 2 is 2.27 bits per heavy atom. The van der Waals surface area contributed by atoms with Gasteiger partial charge in [-0.3, -0.25) is 5.10 Å². The molecule has 3 heterocycles. The van der Waals surface area contributed by atoms with Gasteiger partial charge in [-0.05, 0) is 36.6 Å². The number of allylic oxidation sites excluding steroid dienone is 2. The van der Waals surface area contributed by atoms with Crippen molar-refractivity contribution < 1.29 is 9.84 Å². The van der Waals surface area contributed by atoms with E-state index in [9.17, 15) is 0 Å². The smallest absolute Gasteiger partial charge is 0.182 e. The fourth-order valence-electron chi connectivity index (χ4n) is 2.83. The lowest BCUT2D eigenvalue weighted by molar-refractivity contribution is 0.299. The fourth-order valence-corrected chi connectivity index (χ4v) is 2.83. The number of rotatable bonds is 5. The van der Waals surface area contributed by atoms with Crippen molar-refractivity contribution in [1.29, 1.82) is 0 Å². The van der Waals surface area contributed by atoms with Gasteiger partial charge in [0.1, 0.15) is 11.5 Å². The second-order valence-electron chi connectivity index (χ2n) is 5.82. The van der Waals surface area contributed by atoms with Crippen LogP contribution in [0.5, 0.6) is 0 Å². The molecule has 0 amide bonds. The number of nitrogens with zero attached hydrogens (tertiary/aromatic N) is 5. The van der Waals surface area contributed by atoms with E-state index in [1.165, 1.54) is 0 Å². The minimum Gasteiger partial charge on any atom is -0.497 e. The molecular formula is C18H18N6O2. The van der Waals surface area contributed by atoms with Crippen LogP contribution in [0, 0.1) is 0 Å². The van der Waals surface area contributed by atoms with Gasteiger partial charge in [-0.15, -0.1) is 0 Å². The zero-order valence-electron chi connectivity index (χ0n) is 14.3. The average Bonchev–Trinajstić information content (AvgIpc) is 3.25. The fraction of sp³-hybridized carbons (Fsp3) is 0.222. The second kappa shape index (κ2) is 6.93. The third-order valence-electron chi connectivity index (χ3n) is 4.18. The predicted octanol–water partition coefficient (Wildman–Crippen LogP) is 1.69. The molecule has 132 valence electrons. The highest BCUT2D eigenvalue weighted by atomic mass is 16.5. The summed E-state index contributed by atoms with van der Waals surface area (Å²) in [4.78, 5) is 8.98. The molecule has 8 heteroatoms. The van der Waals surface area contributed by atoms with E-state index in [1.807, 2.05) is 24.4 Å². The summed E-state index contributed by atoms with van der Waals surface area (Å²) >= 11 is 0. The Hall–Kier alpha value is -3.26. The molecule has 1 aliphatic rings. The molecule has 0 bridgehead atoms. The van der Waals surface area contributed by atoms with Crippen molar-refractivity contribution in [2.24, 2.45) is 0 Å². The van der Waals surface area contributed by atoms with Gasteiger partial charge in [-0.2, -0.15) is 10.2 Å². The summed E-state index contributed by atoms with van der Waals surface area (Å²) in [5.41, 5.74) is 3.60. The van der Waals surface area contributed by atoms with Crippen LogP contribution in [0.4, 0.5) is 0 Å². The van der Waals surface area contributed by atoms with Crippen molar-refractivity contribution in [2.75, 3.05) is 13.7 Å². The molecule has 0 unspecified atom stereocenters. The third kappa shape index (κ3) is 3.02. The van der Waals surface area contributed by atoms with E-state index in [2.05, 4.69) is 25.3 Å². The van der Waals surface area contributed by atoms with Gasteiger partial charge in [0.15, 0.2) is 11.6 Å². The highest BCUT2D eigenvalue weighted by Crippen LogP contribution is 2.26. The minimum atomic E-state index is 0.0879. The monoisotopic (exact) mass is 350 g/mol. The van der Waals surface area contributed by atoms with Crippen molar-refractivity contribution >= 4 is 6.08 Å². The Balaban J connectivity index is 1.69. The average molecular weight is 350 g/mol. The molecule has 0 atom stereocenters. The molecule has 4 rings (SSSR count). The minimum absolute atomic E-state index is 0.0879. The van der Waals surface area contributed by atoms with Gasteiger partial charge in [0.2, 0.25) is 0 Å². The zero-order valence-corrected chi connectivity index (χ0v) is 14.3. The summed E-state index contributed by atoms with van der Waals surface area (Å²) in [7, 11) is 1.65. The molecule has 8 nitrogen and oxygen atoms in total. The topological polar surface area (TPSA) is 102 Å². The Kier molecular flexibility index (Phi) is 4.32. The van der Waals surface area contributed by atoms with Crippen LogP contribution < -0.4 is 0 Å². The highest BCUT2D eigenvalue weighted by Gasteiger charge is 2.17. The molecule has 0 spiro atoms. The molecule has 3 aromatic rings. The molecule has 2 N–H and O–H groups in total. The Morgan fingerprint density at radius 3 is 3.12 bits per heavy atom. The molecule has 0 saturated heterocycles. The van der Waals surface area contributed by atoms with Crippen LogP contribution in [0.25, 0.3) is 23.4 Å². The molecular weight excluding hydrogens is 332 g/mol. The zero-order chi connectivity index (χ0) is 17.9. The summed E-state index contributed by atoms with van der Waals surface area (Å²) in [5.74, 6) is 1.98. The van der Waals surface area contributed by atoms with Gasteiger partial charge in [0.05, 0.1) is 19.0 Å². The van der Waals surface area contributed by atoms with Gasteiger partial charge in [0.25, 0.3) is 0 Å². The van der Waals surface area contributed by atoms with E-state index < -0.39 is 0 Å². The van der Waals surface area contributed by atoms with E-state index >= 15 is 0 Å². The van der Waals surface area contributed by atoms with Gasteiger partial charge >= 0.3 is 0 Å². The van der Waals surface area contributed by atoms with Gasteiger partial charge in [-0.25, -0.2) is 14.6 Å². The molecule has 0 aromatic carbocycles. The number of aliphatic hydroxyl groups excluding tert-OH is 1. The van der Waals surface area contributed by atoms with Gasteiger partial charge < -0.3 is 9.84 Å². The SMILES string of the molecule is COC1=CCc2c(-c3nccc(-n4cc(CCO)cn4)n3)n[nH]c2C=C1. The van der Waals surface area contributed by atoms with E-state index in [1.54, 1.807) is 30.3 Å². The van der Waals surface area contributed by atoms with Gasteiger partial charge in [-0.1, -0.05) is 0 Å². The Morgan fingerprint density at radius 1 is 1.35 bits per heavy atom. The van der Waals surface area contributed by atoms with Crippen LogP contribution in [-0.2, 0) is 17.6 Å². The molecule has 0 fully saturated rings.